The van der Waals surface area contributed by atoms with E-state index in [9.17, 15) is 4.79 Å². The number of halogens is 1. The number of benzene rings is 2. The van der Waals surface area contributed by atoms with Gasteiger partial charge in [-0.3, -0.25) is 0 Å². The van der Waals surface area contributed by atoms with Crippen LogP contribution in [0.4, 0.5) is 5.95 Å². The number of thioether (sulfide) groups is 1. The Bertz CT molecular complexity index is 1260. The van der Waals surface area contributed by atoms with Gasteiger partial charge in [0, 0.05) is 11.4 Å². The Morgan fingerprint density at radius 2 is 1.97 bits per heavy atom. The van der Waals surface area contributed by atoms with Gasteiger partial charge in [0.1, 0.15) is 12.6 Å². The van der Waals surface area contributed by atoms with E-state index in [1.54, 1.807) is 16.4 Å². The first kappa shape index (κ1) is 26.1. The second-order valence-electron chi connectivity index (χ2n) is 8.11. The monoisotopic (exact) mass is 572 g/mol. The average Bonchev–Trinajstić information content (AvgIpc) is 3.28. The van der Waals surface area contributed by atoms with Gasteiger partial charge in [-0.05, 0) is 59.5 Å². The number of carbonyl (C=O) groups is 1. The maximum absolute atomic E-state index is 12.9. The van der Waals surface area contributed by atoms with Gasteiger partial charge >= 0.3 is 5.97 Å². The lowest BCUT2D eigenvalue weighted by Crippen LogP contribution is -2.29. The number of esters is 1. The van der Waals surface area contributed by atoms with Gasteiger partial charge in [0.15, 0.2) is 11.5 Å². The molecule has 0 amide bonds. The van der Waals surface area contributed by atoms with Crippen LogP contribution in [-0.4, -0.2) is 40.2 Å². The van der Waals surface area contributed by atoms with Crippen LogP contribution in [0.15, 0.2) is 63.4 Å². The Hall–Kier alpha value is -2.98. The predicted octanol–water partition coefficient (Wildman–Crippen LogP) is 5.98. The minimum Gasteiger partial charge on any atom is -0.490 e. The highest BCUT2D eigenvalue weighted by Gasteiger charge is 2.36. The molecule has 36 heavy (non-hydrogen) atoms. The zero-order chi connectivity index (χ0) is 25.7. The zero-order valence-corrected chi connectivity index (χ0v) is 23.1. The van der Waals surface area contributed by atoms with Gasteiger partial charge in [-0.2, -0.15) is 4.98 Å². The molecule has 1 atom stereocenters. The first-order valence-corrected chi connectivity index (χ1v) is 13.5. The molecule has 2 aromatic carbocycles. The number of fused-ring (bicyclic) bond motifs is 1. The summed E-state index contributed by atoms with van der Waals surface area (Å²) in [5.74, 6) is 2.20. The molecular formula is C26H29BrN4O4S. The summed E-state index contributed by atoms with van der Waals surface area (Å²) in [4.78, 5) is 17.6. The normalized spacial score (nSPS) is 14.8. The molecule has 1 N–H and O–H groups in total. The first-order chi connectivity index (χ1) is 17.5. The fourth-order valence-electron chi connectivity index (χ4n) is 3.95. The van der Waals surface area contributed by atoms with E-state index in [0.717, 1.165) is 23.3 Å². The molecule has 0 radical (unpaired) electrons. The molecule has 1 aliphatic heterocycles. The minimum absolute atomic E-state index is 0.393. The molecule has 4 rings (SSSR count). The number of aromatic nitrogens is 3. The van der Waals surface area contributed by atoms with Gasteiger partial charge in [0.25, 0.3) is 0 Å². The van der Waals surface area contributed by atoms with Crippen molar-refractivity contribution in [3.8, 4) is 11.5 Å². The van der Waals surface area contributed by atoms with E-state index >= 15 is 0 Å². The molecule has 1 unspecified atom stereocenters. The van der Waals surface area contributed by atoms with Crippen LogP contribution in [0.3, 0.4) is 0 Å². The van der Waals surface area contributed by atoms with E-state index in [1.165, 1.54) is 7.11 Å². The number of hydrogen-bond donors (Lipinski definition) is 1. The van der Waals surface area contributed by atoms with Crippen LogP contribution in [0.5, 0.6) is 11.5 Å². The number of allylic oxidation sites excluding steroid dienone is 1. The quantitative estimate of drug-likeness (QED) is 0.234. The summed E-state index contributed by atoms with van der Waals surface area (Å²) in [6.45, 7) is 6.72. The molecule has 8 nitrogen and oxygen atoms in total. The van der Waals surface area contributed by atoms with Gasteiger partial charge < -0.3 is 19.5 Å². The highest BCUT2D eigenvalue weighted by atomic mass is 79.9. The third kappa shape index (κ3) is 5.54. The summed E-state index contributed by atoms with van der Waals surface area (Å²) in [5, 5.41) is 8.59. The molecule has 2 heterocycles. The van der Waals surface area contributed by atoms with Gasteiger partial charge in [0.2, 0.25) is 11.1 Å². The Balaban J connectivity index is 1.78. The topological polar surface area (TPSA) is 87.5 Å². The van der Waals surface area contributed by atoms with E-state index in [1.807, 2.05) is 56.3 Å². The fraction of sp³-hybridized carbons (Fsp3) is 0.346. The molecular weight excluding hydrogens is 544 g/mol. The van der Waals surface area contributed by atoms with E-state index in [0.29, 0.717) is 51.6 Å². The molecule has 0 fully saturated rings. The van der Waals surface area contributed by atoms with E-state index < -0.39 is 12.0 Å². The third-order valence-electron chi connectivity index (χ3n) is 5.55. The second-order valence-corrected chi connectivity index (χ2v) is 10.0. The summed E-state index contributed by atoms with van der Waals surface area (Å²) < 4.78 is 19.7. The predicted molar refractivity (Wildman–Crippen MR) is 144 cm³/mol. The average molecular weight is 574 g/mol. The molecule has 0 saturated heterocycles. The molecule has 0 saturated carbocycles. The second kappa shape index (κ2) is 11.8. The molecule has 190 valence electrons. The van der Waals surface area contributed by atoms with Gasteiger partial charge in [-0.1, -0.05) is 49.0 Å². The van der Waals surface area contributed by atoms with Crippen molar-refractivity contribution in [1.82, 2.24) is 14.8 Å². The van der Waals surface area contributed by atoms with Crippen molar-refractivity contribution >= 4 is 39.6 Å². The Kier molecular flexibility index (Phi) is 8.58. The number of anilines is 1. The maximum atomic E-state index is 12.9. The number of hydrogen-bond acceptors (Lipinski definition) is 8. The minimum atomic E-state index is -0.559. The van der Waals surface area contributed by atoms with Crippen molar-refractivity contribution in [3.63, 3.8) is 0 Å². The molecule has 0 aliphatic carbocycles. The highest BCUT2D eigenvalue weighted by Crippen LogP contribution is 2.43. The summed E-state index contributed by atoms with van der Waals surface area (Å²) in [6, 6.07) is 13.2. The summed E-state index contributed by atoms with van der Waals surface area (Å²) >= 11 is 5.25. The molecule has 1 aromatic heterocycles. The largest absolute Gasteiger partial charge is 0.490 e. The summed E-state index contributed by atoms with van der Waals surface area (Å²) in [7, 11) is 1.38. The lowest BCUT2D eigenvalue weighted by molar-refractivity contribution is -0.136. The highest BCUT2D eigenvalue weighted by molar-refractivity contribution is 9.10. The standard InChI is InChI=1S/C26H29BrN4O4S/c1-5-12-36-26-29-25-28-16(3)21(24(32)33-4)22(31(25)30-26)18-13-19(27)23(20(14-18)34-6-2)35-15-17-10-8-7-9-11-17/h7-11,13-14,22H,5-6,12,15H2,1-4H3,(H,28,29,30). The molecule has 0 spiro atoms. The Labute approximate surface area is 223 Å². The van der Waals surface area contributed by atoms with Crippen LogP contribution in [0.25, 0.3) is 0 Å². The van der Waals surface area contributed by atoms with E-state index in [2.05, 4.69) is 33.2 Å². The third-order valence-corrected chi connectivity index (χ3v) is 7.18. The van der Waals surface area contributed by atoms with E-state index in [4.69, 9.17) is 19.3 Å². The van der Waals surface area contributed by atoms with Crippen molar-refractivity contribution < 1.29 is 19.0 Å². The number of rotatable bonds is 10. The SMILES string of the molecule is CCCSc1nc2n(n1)C(c1cc(Br)c(OCc3ccccc3)c(OCC)c1)C(C(=O)OC)=C(C)N2. The van der Waals surface area contributed by atoms with Crippen LogP contribution in [0.1, 0.15) is 44.4 Å². The smallest absolute Gasteiger partial charge is 0.338 e. The summed E-state index contributed by atoms with van der Waals surface area (Å²) in [5.41, 5.74) is 2.95. The number of nitrogens with zero attached hydrogens (tertiary/aromatic N) is 3. The van der Waals surface area contributed by atoms with Gasteiger partial charge in [-0.25, -0.2) is 9.48 Å². The van der Waals surface area contributed by atoms with Crippen LogP contribution >= 0.6 is 27.7 Å². The van der Waals surface area contributed by atoms with Crippen molar-refractivity contribution in [2.24, 2.45) is 0 Å². The van der Waals surface area contributed by atoms with Crippen LogP contribution in [-0.2, 0) is 16.1 Å². The lowest BCUT2D eigenvalue weighted by atomic mass is 9.95. The van der Waals surface area contributed by atoms with Crippen molar-refractivity contribution in [3.05, 3.63) is 69.3 Å². The number of carbonyl (C=O) groups excluding carboxylic acids is 1. The lowest BCUT2D eigenvalue weighted by Gasteiger charge is -2.28. The zero-order valence-electron chi connectivity index (χ0n) is 20.7. The van der Waals surface area contributed by atoms with Crippen LogP contribution < -0.4 is 14.8 Å². The van der Waals surface area contributed by atoms with Crippen LogP contribution in [0.2, 0.25) is 0 Å². The molecule has 10 heteroatoms. The maximum Gasteiger partial charge on any atom is 0.338 e. The number of ether oxygens (including phenoxy) is 3. The van der Waals surface area contributed by atoms with Crippen molar-refractivity contribution in [2.45, 2.75) is 45.0 Å². The first-order valence-electron chi connectivity index (χ1n) is 11.7. The number of nitrogens with one attached hydrogen (secondary N) is 1. The Morgan fingerprint density at radius 3 is 2.67 bits per heavy atom. The number of methoxy groups -OCH3 is 1. The van der Waals surface area contributed by atoms with Crippen molar-refractivity contribution in [1.29, 1.82) is 0 Å². The van der Waals surface area contributed by atoms with Gasteiger partial charge in [0.05, 0.1) is 23.8 Å². The fourth-order valence-corrected chi connectivity index (χ4v) is 5.20. The molecule has 0 bridgehead atoms. The van der Waals surface area contributed by atoms with Gasteiger partial charge in [-0.15, -0.1) is 5.10 Å². The summed E-state index contributed by atoms with van der Waals surface area (Å²) in [6.07, 6.45) is 1.01. The van der Waals surface area contributed by atoms with E-state index in [-0.39, 0.29) is 0 Å². The van der Waals surface area contributed by atoms with Crippen molar-refractivity contribution in [2.75, 3.05) is 24.8 Å². The molecule has 3 aromatic rings. The van der Waals surface area contributed by atoms with Crippen LogP contribution in [0, 0.1) is 0 Å². The Morgan fingerprint density at radius 1 is 1.19 bits per heavy atom. The molecule has 1 aliphatic rings.